The topological polar surface area (TPSA) is 39.7 Å². The van der Waals surface area contributed by atoms with E-state index in [-0.39, 0.29) is 0 Å². The van der Waals surface area contributed by atoms with Gasteiger partial charge in [-0.15, -0.1) is 23.1 Å². The Balaban J connectivity index is 1.18. The van der Waals surface area contributed by atoms with E-state index in [1.54, 1.807) is 23.1 Å². The van der Waals surface area contributed by atoms with Gasteiger partial charge in [-0.2, -0.15) is 0 Å². The molecule has 2 aromatic rings. The second-order valence-electron chi connectivity index (χ2n) is 8.58. The first-order chi connectivity index (χ1) is 14.7. The number of carbonyl (C=O) groups excluding carboxylic acids is 1. The first-order valence-corrected chi connectivity index (χ1v) is 13.1. The zero-order valence-corrected chi connectivity index (χ0v) is 19.3. The normalized spacial score (nSPS) is 20.8. The Morgan fingerprint density at radius 3 is 2.77 bits per heavy atom. The van der Waals surface area contributed by atoms with Gasteiger partial charge in [-0.25, -0.2) is 4.98 Å². The van der Waals surface area contributed by atoms with Crippen LogP contribution in [0.3, 0.4) is 0 Å². The molecule has 1 aromatic carbocycles. The number of nitrogens with zero attached hydrogens (tertiary/aromatic N) is 4. The van der Waals surface area contributed by atoms with Crippen molar-refractivity contribution in [3.05, 3.63) is 34.8 Å². The molecular weight excluding hydrogens is 412 g/mol. The summed E-state index contributed by atoms with van der Waals surface area (Å²) in [5.41, 5.74) is 2.43. The molecule has 30 heavy (non-hydrogen) atoms. The van der Waals surface area contributed by atoms with Gasteiger partial charge in [0.05, 0.1) is 12.2 Å². The van der Waals surface area contributed by atoms with Crippen LogP contribution in [-0.2, 0) is 17.8 Å². The number of benzene rings is 1. The monoisotopic (exact) mass is 442 g/mol. The van der Waals surface area contributed by atoms with Crippen LogP contribution in [0.1, 0.15) is 29.8 Å². The van der Waals surface area contributed by atoms with Crippen LogP contribution in [0.2, 0.25) is 0 Å². The third kappa shape index (κ3) is 4.31. The Labute approximate surface area is 187 Å². The van der Waals surface area contributed by atoms with Crippen LogP contribution >= 0.6 is 23.1 Å². The maximum absolute atomic E-state index is 12.9. The maximum atomic E-state index is 12.9. The fourth-order valence-corrected chi connectivity index (χ4v) is 6.25. The molecule has 2 fully saturated rings. The molecule has 160 valence electrons. The van der Waals surface area contributed by atoms with Gasteiger partial charge in [-0.3, -0.25) is 14.6 Å². The summed E-state index contributed by atoms with van der Waals surface area (Å²) in [7, 11) is 0. The lowest BCUT2D eigenvalue weighted by Crippen LogP contribution is -2.55. The molecule has 0 N–H and O–H groups in total. The maximum Gasteiger partial charge on any atom is 0.236 e. The third-order valence-corrected chi connectivity index (χ3v) is 8.60. The summed E-state index contributed by atoms with van der Waals surface area (Å²) in [6.45, 7) is 6.20. The fraction of sp³-hybridized carbons (Fsp3) is 0.565. The van der Waals surface area contributed by atoms with Crippen LogP contribution in [0.15, 0.2) is 29.2 Å². The fourth-order valence-electron chi connectivity index (χ4n) is 4.64. The molecule has 2 aliphatic heterocycles. The van der Waals surface area contributed by atoms with Gasteiger partial charge in [0.1, 0.15) is 5.01 Å². The predicted molar refractivity (Wildman–Crippen MR) is 124 cm³/mol. The van der Waals surface area contributed by atoms with Crippen LogP contribution in [-0.4, -0.2) is 77.2 Å². The van der Waals surface area contributed by atoms with E-state index in [9.17, 15) is 4.79 Å². The van der Waals surface area contributed by atoms with Gasteiger partial charge in [0.15, 0.2) is 0 Å². The van der Waals surface area contributed by atoms with Gasteiger partial charge in [0.25, 0.3) is 0 Å². The van der Waals surface area contributed by atoms with Gasteiger partial charge in [0, 0.05) is 67.1 Å². The molecule has 1 saturated carbocycles. The average Bonchev–Trinajstić information content (AvgIpc) is 3.16. The summed E-state index contributed by atoms with van der Waals surface area (Å²) < 4.78 is 0. The molecule has 0 atom stereocenters. The molecule has 0 spiro atoms. The molecule has 5 nitrogen and oxygen atoms in total. The number of hydrogen-bond acceptors (Lipinski definition) is 6. The molecule has 0 unspecified atom stereocenters. The molecule has 1 aromatic heterocycles. The summed E-state index contributed by atoms with van der Waals surface area (Å²) >= 11 is 3.56. The van der Waals surface area contributed by atoms with Crippen LogP contribution in [0.4, 0.5) is 0 Å². The molecule has 3 heterocycles. The highest BCUT2D eigenvalue weighted by Gasteiger charge is 2.30. The Morgan fingerprint density at radius 2 is 2.03 bits per heavy atom. The number of thiazole rings is 1. The van der Waals surface area contributed by atoms with E-state index >= 15 is 0 Å². The number of thioether (sulfide) groups is 1. The lowest BCUT2D eigenvalue weighted by Gasteiger charge is -2.43. The van der Waals surface area contributed by atoms with Crippen molar-refractivity contribution in [2.24, 2.45) is 0 Å². The molecule has 7 heteroatoms. The lowest BCUT2D eigenvalue weighted by atomic mass is 9.91. The summed E-state index contributed by atoms with van der Waals surface area (Å²) in [6, 6.07) is 9.41. The van der Waals surface area contributed by atoms with Crippen molar-refractivity contribution in [3.63, 3.8) is 0 Å². The minimum atomic E-state index is 0.295. The average molecular weight is 443 g/mol. The molecule has 1 amide bonds. The quantitative estimate of drug-likeness (QED) is 0.662. The number of piperazine rings is 1. The number of aromatic nitrogens is 1. The van der Waals surface area contributed by atoms with Crippen molar-refractivity contribution >= 4 is 29.0 Å². The second-order valence-corrected chi connectivity index (χ2v) is 10.5. The van der Waals surface area contributed by atoms with Gasteiger partial charge in [0.2, 0.25) is 5.91 Å². The van der Waals surface area contributed by atoms with E-state index in [2.05, 4.69) is 45.2 Å². The Morgan fingerprint density at radius 1 is 1.20 bits per heavy atom. The van der Waals surface area contributed by atoms with Crippen molar-refractivity contribution < 1.29 is 4.79 Å². The Bertz CT molecular complexity index is 902. The smallest absolute Gasteiger partial charge is 0.236 e. The molecule has 3 aliphatic rings. The van der Waals surface area contributed by atoms with Gasteiger partial charge in [-0.05, 0) is 31.2 Å². The first-order valence-electron chi connectivity index (χ1n) is 11.1. The number of rotatable bonds is 5. The van der Waals surface area contributed by atoms with E-state index in [0.717, 1.165) is 56.7 Å². The van der Waals surface area contributed by atoms with Gasteiger partial charge < -0.3 is 4.90 Å². The van der Waals surface area contributed by atoms with Crippen molar-refractivity contribution in [1.82, 2.24) is 19.7 Å². The highest BCUT2D eigenvalue weighted by atomic mass is 32.2. The largest absolute Gasteiger partial charge is 0.339 e. The lowest BCUT2D eigenvalue weighted by molar-refractivity contribution is -0.135. The van der Waals surface area contributed by atoms with E-state index in [1.165, 1.54) is 40.3 Å². The van der Waals surface area contributed by atoms with Crippen LogP contribution in [0.5, 0.6) is 0 Å². The van der Waals surface area contributed by atoms with E-state index < -0.39 is 0 Å². The predicted octanol–water partition coefficient (Wildman–Crippen LogP) is 3.59. The van der Waals surface area contributed by atoms with Crippen molar-refractivity contribution in [1.29, 1.82) is 0 Å². The molecule has 5 rings (SSSR count). The van der Waals surface area contributed by atoms with Crippen molar-refractivity contribution in [2.45, 2.75) is 43.2 Å². The van der Waals surface area contributed by atoms with Crippen molar-refractivity contribution in [2.75, 3.05) is 45.5 Å². The molecule has 0 radical (unpaired) electrons. The molecular formula is C23H30N4OS2. The van der Waals surface area contributed by atoms with Gasteiger partial charge in [-0.1, -0.05) is 18.6 Å². The summed E-state index contributed by atoms with van der Waals surface area (Å²) in [4.78, 5) is 27.4. The summed E-state index contributed by atoms with van der Waals surface area (Å²) in [6.07, 6.45) is 7.12. The van der Waals surface area contributed by atoms with Gasteiger partial charge >= 0.3 is 0 Å². The van der Waals surface area contributed by atoms with Crippen LogP contribution in [0, 0.1) is 0 Å². The molecule has 1 aliphatic carbocycles. The highest BCUT2D eigenvalue weighted by molar-refractivity contribution is 7.98. The molecule has 0 bridgehead atoms. The molecule has 1 saturated heterocycles. The zero-order valence-electron chi connectivity index (χ0n) is 17.7. The number of fused-ring (bicyclic) bond motifs is 1. The van der Waals surface area contributed by atoms with Crippen molar-refractivity contribution in [3.8, 4) is 10.6 Å². The van der Waals surface area contributed by atoms with Crippen LogP contribution in [0.25, 0.3) is 10.6 Å². The highest BCUT2D eigenvalue weighted by Crippen LogP contribution is 2.33. The number of amides is 1. The summed E-state index contributed by atoms with van der Waals surface area (Å²) in [5.74, 6) is 0.295. The number of hydrogen-bond donors (Lipinski definition) is 0. The zero-order chi connectivity index (χ0) is 20.5. The number of carbonyl (C=O) groups is 1. The third-order valence-electron chi connectivity index (χ3n) is 6.74. The Hall–Kier alpha value is -1.41. The summed E-state index contributed by atoms with van der Waals surface area (Å²) in [5, 5.41) is 1.11. The SMILES string of the molecule is CSc1cccc(-c2nc3c(s2)CN(CC(=O)N2CCN(C4CCC4)CC2)CC3)c1. The standard InChI is InChI=1S/C23H30N4OS2/c1-29-19-7-2-4-17(14-19)23-24-20-8-9-25(15-21(20)30-23)16-22(28)27-12-10-26(11-13-27)18-5-3-6-18/h2,4,7,14,18H,3,5-6,8-13,15-16H2,1H3. The van der Waals surface area contributed by atoms with E-state index in [1.807, 2.05) is 0 Å². The second kappa shape index (κ2) is 8.99. The van der Waals surface area contributed by atoms with Crippen LogP contribution < -0.4 is 0 Å². The minimum Gasteiger partial charge on any atom is -0.339 e. The minimum absolute atomic E-state index is 0.295. The van der Waals surface area contributed by atoms with E-state index in [0.29, 0.717) is 12.5 Å². The first kappa shape index (κ1) is 20.5. The van der Waals surface area contributed by atoms with E-state index in [4.69, 9.17) is 4.98 Å². The Kier molecular flexibility index (Phi) is 6.14.